The fraction of sp³-hybridized carbons (Fsp3) is 0.444. The Hall–Kier alpha value is -1.09. The van der Waals surface area contributed by atoms with Gasteiger partial charge in [-0.1, -0.05) is 0 Å². The molecule has 1 aromatic rings. The molecule has 1 N–H and O–H groups in total. The Labute approximate surface area is 71.6 Å². The predicted octanol–water partition coefficient (Wildman–Crippen LogP) is 1.07. The number of aldehydes is 1. The zero-order valence-electron chi connectivity index (χ0n) is 7.10. The van der Waals surface area contributed by atoms with Crippen LogP contribution < -0.4 is 0 Å². The van der Waals surface area contributed by atoms with Crippen LogP contribution in [0.4, 0.5) is 0 Å². The molecule has 3 nitrogen and oxygen atoms in total. The lowest BCUT2D eigenvalue weighted by molar-refractivity contribution is 0.111. The van der Waals surface area contributed by atoms with Crippen molar-refractivity contribution in [1.82, 2.24) is 4.57 Å². The first kappa shape index (κ1) is 9.00. The second kappa shape index (κ2) is 4.07. The molecule has 1 heterocycles. The lowest BCUT2D eigenvalue weighted by atomic mass is 10.3. The lowest BCUT2D eigenvalue weighted by Gasteiger charge is -2.06. The van der Waals surface area contributed by atoms with Gasteiger partial charge in [-0.15, -0.1) is 0 Å². The minimum absolute atomic E-state index is 0.313. The maximum Gasteiger partial charge on any atom is 0.166 e. The minimum Gasteiger partial charge on any atom is -0.393 e. The Morgan fingerprint density at radius 2 is 2.50 bits per heavy atom. The van der Waals surface area contributed by atoms with Crippen molar-refractivity contribution in [3.8, 4) is 0 Å². The standard InChI is InChI=1S/C9H13NO2/c1-8(12)4-6-10-5-2-3-9(10)7-11/h2-3,5,7-8,12H,4,6H2,1H3. The summed E-state index contributed by atoms with van der Waals surface area (Å²) >= 11 is 0. The monoisotopic (exact) mass is 167 g/mol. The van der Waals surface area contributed by atoms with Gasteiger partial charge in [-0.2, -0.15) is 0 Å². The van der Waals surface area contributed by atoms with Crippen LogP contribution in [0.2, 0.25) is 0 Å². The predicted molar refractivity (Wildman–Crippen MR) is 46.1 cm³/mol. The van der Waals surface area contributed by atoms with Crippen molar-refractivity contribution >= 4 is 6.29 Å². The maximum absolute atomic E-state index is 10.4. The molecule has 1 rings (SSSR count). The fourth-order valence-electron chi connectivity index (χ4n) is 1.06. The first-order chi connectivity index (χ1) is 5.74. The van der Waals surface area contributed by atoms with E-state index in [4.69, 9.17) is 5.11 Å². The second-order valence-corrected chi connectivity index (χ2v) is 2.88. The highest BCUT2D eigenvalue weighted by Gasteiger charge is 2.00. The zero-order chi connectivity index (χ0) is 8.97. The number of aliphatic hydroxyl groups is 1. The number of aryl methyl sites for hydroxylation is 1. The fourth-order valence-corrected chi connectivity index (χ4v) is 1.06. The molecule has 0 radical (unpaired) electrons. The molecule has 0 aliphatic carbocycles. The summed E-state index contributed by atoms with van der Waals surface area (Å²) in [5.41, 5.74) is 0.663. The van der Waals surface area contributed by atoms with Crippen molar-refractivity contribution in [3.63, 3.8) is 0 Å². The number of carbonyl (C=O) groups excluding carboxylic acids is 1. The molecular formula is C9H13NO2. The van der Waals surface area contributed by atoms with Gasteiger partial charge >= 0.3 is 0 Å². The van der Waals surface area contributed by atoms with E-state index < -0.39 is 0 Å². The Morgan fingerprint density at radius 1 is 1.75 bits per heavy atom. The average Bonchev–Trinajstić information content (AvgIpc) is 2.47. The van der Waals surface area contributed by atoms with Crippen molar-refractivity contribution in [1.29, 1.82) is 0 Å². The molecule has 0 saturated heterocycles. The number of carbonyl (C=O) groups is 1. The van der Waals surface area contributed by atoms with E-state index in [0.717, 1.165) is 6.29 Å². The molecular weight excluding hydrogens is 154 g/mol. The third-order valence-corrected chi connectivity index (χ3v) is 1.77. The number of nitrogens with zero attached hydrogens (tertiary/aromatic N) is 1. The molecule has 12 heavy (non-hydrogen) atoms. The van der Waals surface area contributed by atoms with Crippen LogP contribution in [0.15, 0.2) is 18.3 Å². The second-order valence-electron chi connectivity index (χ2n) is 2.88. The first-order valence-electron chi connectivity index (χ1n) is 4.02. The largest absolute Gasteiger partial charge is 0.393 e. The molecule has 0 aromatic carbocycles. The van der Waals surface area contributed by atoms with Gasteiger partial charge in [-0.25, -0.2) is 0 Å². The Balaban J connectivity index is 2.56. The molecule has 0 aliphatic rings. The van der Waals surface area contributed by atoms with Crippen LogP contribution in [0.25, 0.3) is 0 Å². The summed E-state index contributed by atoms with van der Waals surface area (Å²) < 4.78 is 1.83. The van der Waals surface area contributed by atoms with Crippen molar-refractivity contribution in [2.24, 2.45) is 0 Å². The summed E-state index contributed by atoms with van der Waals surface area (Å²) in [4.78, 5) is 10.4. The van der Waals surface area contributed by atoms with Crippen molar-refractivity contribution in [3.05, 3.63) is 24.0 Å². The van der Waals surface area contributed by atoms with Gasteiger partial charge < -0.3 is 9.67 Å². The molecule has 1 unspecified atom stereocenters. The van der Waals surface area contributed by atoms with Gasteiger partial charge in [-0.05, 0) is 25.5 Å². The zero-order valence-corrected chi connectivity index (χ0v) is 7.10. The molecule has 0 bridgehead atoms. The van der Waals surface area contributed by atoms with Gasteiger partial charge in [0, 0.05) is 12.7 Å². The summed E-state index contributed by atoms with van der Waals surface area (Å²) in [5.74, 6) is 0. The van der Waals surface area contributed by atoms with Crippen molar-refractivity contribution < 1.29 is 9.90 Å². The first-order valence-corrected chi connectivity index (χ1v) is 4.02. The number of rotatable bonds is 4. The highest BCUT2D eigenvalue weighted by atomic mass is 16.3. The topological polar surface area (TPSA) is 42.2 Å². The molecule has 66 valence electrons. The quantitative estimate of drug-likeness (QED) is 0.681. The maximum atomic E-state index is 10.4. The molecule has 0 amide bonds. The molecule has 3 heteroatoms. The Morgan fingerprint density at radius 3 is 3.08 bits per heavy atom. The van der Waals surface area contributed by atoms with Crippen LogP contribution in [0, 0.1) is 0 Å². The van der Waals surface area contributed by atoms with Gasteiger partial charge in [0.25, 0.3) is 0 Å². The summed E-state index contributed by atoms with van der Waals surface area (Å²) in [5, 5.41) is 9.01. The number of aromatic nitrogens is 1. The number of aliphatic hydroxyl groups excluding tert-OH is 1. The highest BCUT2D eigenvalue weighted by molar-refractivity contribution is 5.72. The van der Waals surface area contributed by atoms with E-state index in [9.17, 15) is 4.79 Å². The van der Waals surface area contributed by atoms with Gasteiger partial charge in [0.05, 0.1) is 11.8 Å². The molecule has 0 aliphatic heterocycles. The summed E-state index contributed by atoms with van der Waals surface area (Å²) in [7, 11) is 0. The smallest absolute Gasteiger partial charge is 0.166 e. The normalized spacial score (nSPS) is 12.8. The minimum atomic E-state index is -0.313. The molecule has 0 fully saturated rings. The SMILES string of the molecule is CC(O)CCn1cccc1C=O. The lowest BCUT2D eigenvalue weighted by Crippen LogP contribution is -2.08. The van der Waals surface area contributed by atoms with E-state index in [1.54, 1.807) is 13.0 Å². The van der Waals surface area contributed by atoms with Crippen LogP contribution in [-0.2, 0) is 6.54 Å². The van der Waals surface area contributed by atoms with Gasteiger partial charge in [0.1, 0.15) is 0 Å². The number of hydrogen-bond acceptors (Lipinski definition) is 2. The van der Waals surface area contributed by atoms with Crippen LogP contribution in [0.1, 0.15) is 23.8 Å². The van der Waals surface area contributed by atoms with Crippen LogP contribution in [0.3, 0.4) is 0 Å². The van der Waals surface area contributed by atoms with Crippen LogP contribution in [0.5, 0.6) is 0 Å². The molecule has 1 atom stereocenters. The third kappa shape index (κ3) is 2.20. The number of hydrogen-bond donors (Lipinski definition) is 1. The van der Waals surface area contributed by atoms with E-state index >= 15 is 0 Å². The van der Waals surface area contributed by atoms with Gasteiger partial charge in [0.2, 0.25) is 0 Å². The van der Waals surface area contributed by atoms with Crippen LogP contribution >= 0.6 is 0 Å². The molecule has 0 saturated carbocycles. The summed E-state index contributed by atoms with van der Waals surface area (Å²) in [6.07, 6.45) is 3.02. The van der Waals surface area contributed by atoms with Gasteiger partial charge in [0.15, 0.2) is 6.29 Å². The van der Waals surface area contributed by atoms with E-state index in [2.05, 4.69) is 0 Å². The van der Waals surface area contributed by atoms with Gasteiger partial charge in [-0.3, -0.25) is 4.79 Å². The Bertz CT molecular complexity index is 253. The Kier molecular flexibility index (Phi) is 3.05. The van der Waals surface area contributed by atoms with E-state index in [1.807, 2.05) is 16.8 Å². The third-order valence-electron chi connectivity index (χ3n) is 1.77. The summed E-state index contributed by atoms with van der Waals surface area (Å²) in [6, 6.07) is 3.58. The highest BCUT2D eigenvalue weighted by Crippen LogP contribution is 2.02. The van der Waals surface area contributed by atoms with Crippen molar-refractivity contribution in [2.45, 2.75) is 26.0 Å². The van der Waals surface area contributed by atoms with Crippen molar-refractivity contribution in [2.75, 3.05) is 0 Å². The average molecular weight is 167 g/mol. The van der Waals surface area contributed by atoms with E-state index in [-0.39, 0.29) is 6.10 Å². The van der Waals surface area contributed by atoms with E-state index in [1.165, 1.54) is 0 Å². The van der Waals surface area contributed by atoms with E-state index in [0.29, 0.717) is 18.7 Å². The summed E-state index contributed by atoms with van der Waals surface area (Å²) in [6.45, 7) is 2.43. The molecule has 1 aromatic heterocycles. The van der Waals surface area contributed by atoms with Crippen LogP contribution in [-0.4, -0.2) is 22.1 Å². The molecule has 0 spiro atoms.